The van der Waals surface area contributed by atoms with Gasteiger partial charge < -0.3 is 15.8 Å². The number of hydrogen-bond donors (Lipinski definition) is 2. The first kappa shape index (κ1) is 14.3. The summed E-state index contributed by atoms with van der Waals surface area (Å²) in [5.41, 5.74) is 5.10. The van der Waals surface area contributed by atoms with Crippen LogP contribution in [0.5, 0.6) is 0 Å². The van der Waals surface area contributed by atoms with Gasteiger partial charge in [-0.25, -0.2) is 0 Å². The fourth-order valence-electron chi connectivity index (χ4n) is 0.472. The predicted octanol–water partition coefficient (Wildman–Crippen LogP) is -4.04. The van der Waals surface area contributed by atoms with E-state index in [0.717, 1.165) is 0 Å². The average Bonchev–Trinajstić information content (AvgIpc) is 1.89. The average molecular weight is 182 g/mol. The van der Waals surface area contributed by atoms with Crippen molar-refractivity contribution in [1.29, 1.82) is 0 Å². The molecule has 11 heavy (non-hydrogen) atoms. The maximum atomic E-state index is 10.6. The van der Waals surface area contributed by atoms with Crippen molar-refractivity contribution in [3.63, 3.8) is 0 Å². The molecule has 0 heterocycles. The third kappa shape index (κ3) is 10.7. The molecular weight excluding hydrogens is 171 g/mol. The Morgan fingerprint density at radius 2 is 2.18 bits per heavy atom. The van der Waals surface area contributed by atoms with E-state index in [4.69, 9.17) is 5.73 Å². The van der Waals surface area contributed by atoms with E-state index in [1.807, 2.05) is 0 Å². The van der Waals surface area contributed by atoms with Gasteiger partial charge in [0.15, 0.2) is 0 Å². The fourth-order valence-corrected chi connectivity index (χ4v) is 0.472. The Morgan fingerprint density at radius 1 is 1.55 bits per heavy atom. The third-order valence-electron chi connectivity index (χ3n) is 0.921. The zero-order valence-electron chi connectivity index (χ0n) is 6.72. The van der Waals surface area contributed by atoms with Crippen molar-refractivity contribution in [1.82, 2.24) is 5.32 Å². The second kappa shape index (κ2) is 10.7. The van der Waals surface area contributed by atoms with Crippen molar-refractivity contribution in [2.45, 2.75) is 12.8 Å². The number of carbonyl (C=O) groups is 1. The Labute approximate surface area is 109 Å². The summed E-state index contributed by atoms with van der Waals surface area (Å²) in [6, 6.07) is 0. The largest absolute Gasteiger partial charge is 1.00 e. The van der Waals surface area contributed by atoms with E-state index in [9.17, 15) is 9.59 Å². The van der Waals surface area contributed by atoms with E-state index in [0.29, 0.717) is 19.5 Å². The van der Waals surface area contributed by atoms with Crippen molar-refractivity contribution in [3.05, 3.63) is 0 Å². The van der Waals surface area contributed by atoms with Crippen molar-refractivity contribution < 1.29 is 61.0 Å². The van der Waals surface area contributed by atoms with Gasteiger partial charge in [-0.05, 0) is 6.54 Å². The molecule has 0 bridgehead atoms. The number of carbonyl (C=O) groups excluding carboxylic acids is 2. The van der Waals surface area contributed by atoms with E-state index >= 15 is 0 Å². The van der Waals surface area contributed by atoms with Gasteiger partial charge in [0.25, 0.3) is 0 Å². The molecule has 0 aromatic carbocycles. The summed E-state index contributed by atoms with van der Waals surface area (Å²) in [4.78, 5) is 20.2. The van der Waals surface area contributed by atoms with E-state index < -0.39 is 0 Å². The van der Waals surface area contributed by atoms with Crippen molar-refractivity contribution in [2.75, 3.05) is 13.1 Å². The van der Waals surface area contributed by atoms with Crippen LogP contribution in [0.25, 0.3) is 0 Å². The van der Waals surface area contributed by atoms with E-state index in [-0.39, 0.29) is 63.7 Å². The Morgan fingerprint density at radius 3 is 2.64 bits per heavy atom. The van der Waals surface area contributed by atoms with Gasteiger partial charge >= 0.3 is 51.4 Å². The van der Waals surface area contributed by atoms with Crippen LogP contribution in [0, 0.1) is 0 Å². The molecule has 0 saturated heterocycles. The molecule has 0 aromatic heterocycles. The van der Waals surface area contributed by atoms with E-state index in [2.05, 4.69) is 5.32 Å². The molecular formula is C6H11KN2O2. The minimum absolute atomic E-state index is 0. The van der Waals surface area contributed by atoms with Gasteiger partial charge in [-0.3, -0.25) is 11.1 Å². The Balaban J connectivity index is 0. The van der Waals surface area contributed by atoms with Crippen LogP contribution in [0.3, 0.4) is 0 Å². The van der Waals surface area contributed by atoms with Crippen LogP contribution in [0.1, 0.15) is 12.8 Å². The molecule has 0 spiro atoms. The summed E-state index contributed by atoms with van der Waals surface area (Å²) < 4.78 is 0. The van der Waals surface area contributed by atoms with Gasteiger partial charge in [-0.2, -0.15) is 0 Å². The van der Waals surface area contributed by atoms with Crippen LogP contribution in [0.4, 0.5) is 0 Å². The molecule has 0 aliphatic carbocycles. The number of nitrogens with two attached hydrogens (primary N) is 1. The summed E-state index contributed by atoms with van der Waals surface area (Å²) in [5.74, 6) is -0.113. The van der Waals surface area contributed by atoms with Gasteiger partial charge in [0.1, 0.15) is 0 Å². The van der Waals surface area contributed by atoms with Crippen molar-refractivity contribution >= 4 is 12.2 Å². The minimum Gasteiger partial charge on any atom is -0.542 e. The summed E-state index contributed by atoms with van der Waals surface area (Å²) in [5, 5.41) is 2.50. The Hall–Kier alpha value is 0.736. The third-order valence-corrected chi connectivity index (χ3v) is 0.921. The molecule has 5 heteroatoms. The second-order valence-electron chi connectivity index (χ2n) is 1.78. The SMILES string of the molecule is NCCC(=O)NCC[C-]=O.[K+]. The molecule has 58 valence electrons. The standard InChI is InChI=1S/C6H11N2O2.K/c7-3-2-6(10)8-4-1-5-9;/h1-4,7H2,(H,8,10);/q-1;+1. The maximum Gasteiger partial charge on any atom is 1.00 e. The van der Waals surface area contributed by atoms with Gasteiger partial charge in [-0.1, -0.05) is 0 Å². The maximum absolute atomic E-state index is 10.6. The monoisotopic (exact) mass is 182 g/mol. The minimum atomic E-state index is -0.113. The van der Waals surface area contributed by atoms with Gasteiger partial charge in [0, 0.05) is 13.0 Å². The molecule has 0 atom stereocenters. The first-order valence-electron chi connectivity index (χ1n) is 3.13. The zero-order chi connectivity index (χ0) is 7.82. The Kier molecular flexibility index (Phi) is 13.9. The first-order chi connectivity index (χ1) is 4.81. The van der Waals surface area contributed by atoms with E-state index in [1.165, 1.54) is 0 Å². The number of rotatable bonds is 5. The van der Waals surface area contributed by atoms with Crippen LogP contribution in [0.15, 0.2) is 0 Å². The quantitative estimate of drug-likeness (QED) is 0.258. The van der Waals surface area contributed by atoms with Crippen molar-refractivity contribution in [2.24, 2.45) is 5.73 Å². The molecule has 0 rings (SSSR count). The van der Waals surface area contributed by atoms with Crippen LogP contribution in [-0.4, -0.2) is 25.3 Å². The molecule has 0 unspecified atom stereocenters. The van der Waals surface area contributed by atoms with Gasteiger partial charge in [0.2, 0.25) is 5.91 Å². The summed E-state index contributed by atoms with van der Waals surface area (Å²) in [7, 11) is 0. The molecule has 0 radical (unpaired) electrons. The van der Waals surface area contributed by atoms with Crippen molar-refractivity contribution in [3.8, 4) is 0 Å². The second-order valence-corrected chi connectivity index (χ2v) is 1.78. The zero-order valence-corrected chi connectivity index (χ0v) is 9.85. The number of hydrogen-bond acceptors (Lipinski definition) is 3. The molecule has 1 amide bonds. The van der Waals surface area contributed by atoms with Gasteiger partial charge in [0.05, 0.1) is 0 Å². The summed E-state index contributed by atoms with van der Waals surface area (Å²) >= 11 is 0. The number of nitrogens with one attached hydrogen (secondary N) is 1. The topological polar surface area (TPSA) is 72.2 Å². The molecule has 4 nitrogen and oxygen atoms in total. The first-order valence-corrected chi connectivity index (χ1v) is 3.13. The molecule has 0 aromatic rings. The fraction of sp³-hybridized carbons (Fsp3) is 0.667. The van der Waals surface area contributed by atoms with Gasteiger partial charge in [-0.15, -0.1) is 6.42 Å². The normalized spacial score (nSPS) is 8.09. The predicted molar refractivity (Wildman–Crippen MR) is 37.0 cm³/mol. The molecule has 0 aliphatic rings. The Bertz CT molecular complexity index is 119. The summed E-state index contributed by atoms with van der Waals surface area (Å²) in [6.45, 7) is 0.707. The van der Waals surface area contributed by atoms with Crippen LogP contribution in [0.2, 0.25) is 0 Å². The summed E-state index contributed by atoms with van der Waals surface area (Å²) in [6.07, 6.45) is 2.23. The molecule has 3 N–H and O–H groups in total. The number of amides is 1. The van der Waals surface area contributed by atoms with Crippen LogP contribution in [-0.2, 0) is 9.59 Å². The smallest absolute Gasteiger partial charge is 0.542 e. The van der Waals surface area contributed by atoms with Crippen LogP contribution >= 0.6 is 0 Å². The van der Waals surface area contributed by atoms with Crippen LogP contribution < -0.4 is 62.4 Å². The molecule has 0 saturated carbocycles. The molecule has 0 fully saturated rings. The molecule has 0 aliphatic heterocycles. The van der Waals surface area contributed by atoms with E-state index in [1.54, 1.807) is 6.29 Å².